The van der Waals surface area contributed by atoms with Crippen molar-refractivity contribution in [3.63, 3.8) is 0 Å². The molecule has 13 heteroatoms. The van der Waals surface area contributed by atoms with Gasteiger partial charge in [0.15, 0.2) is 0 Å². The average Bonchev–Trinajstić information content (AvgIpc) is 2.78. The van der Waals surface area contributed by atoms with Gasteiger partial charge in [-0.15, -0.1) is 0 Å². The topological polar surface area (TPSA) is 66.5 Å². The Morgan fingerprint density at radius 1 is 0.889 bits per heavy atom. The molecule has 0 fully saturated rings. The number of hydrogen-bond acceptors (Lipinski definition) is 3. The van der Waals surface area contributed by atoms with Crippen LogP contribution in [0.25, 0.3) is 0 Å². The Kier molecular flexibility index (Phi) is 7.61. The van der Waals surface area contributed by atoms with E-state index in [1.165, 1.54) is 24.3 Å². The second-order valence-corrected chi connectivity index (χ2v) is 9.88. The van der Waals surface area contributed by atoms with E-state index in [4.69, 9.17) is 11.6 Å². The fourth-order valence-corrected chi connectivity index (χ4v) is 4.69. The van der Waals surface area contributed by atoms with Gasteiger partial charge in [0, 0.05) is 0 Å². The van der Waals surface area contributed by atoms with Gasteiger partial charge in [0.2, 0.25) is 5.91 Å². The molecule has 0 spiro atoms. The number of nitrogens with one attached hydrogen (secondary N) is 1. The molecule has 192 valence electrons. The Morgan fingerprint density at radius 3 is 2.06 bits per heavy atom. The van der Waals surface area contributed by atoms with Crippen molar-refractivity contribution in [2.24, 2.45) is 0 Å². The molecule has 0 saturated heterocycles. The van der Waals surface area contributed by atoms with Gasteiger partial charge in [-0.3, -0.25) is 9.10 Å². The molecule has 1 N–H and O–H groups in total. The molecule has 0 saturated carbocycles. The van der Waals surface area contributed by atoms with Gasteiger partial charge < -0.3 is 5.32 Å². The van der Waals surface area contributed by atoms with Crippen LogP contribution in [0.5, 0.6) is 0 Å². The molecule has 1 amide bonds. The number of carbonyl (C=O) groups is 1. The molecule has 3 rings (SSSR count). The summed E-state index contributed by atoms with van der Waals surface area (Å²) in [6.07, 6.45) is -9.55. The quantitative estimate of drug-likeness (QED) is 0.355. The van der Waals surface area contributed by atoms with E-state index in [1.54, 1.807) is 6.92 Å². The molecule has 0 bridgehead atoms. The van der Waals surface area contributed by atoms with Gasteiger partial charge in [-0.2, -0.15) is 26.3 Å². The summed E-state index contributed by atoms with van der Waals surface area (Å²) < 4.78 is 106. The van der Waals surface area contributed by atoms with Crippen LogP contribution >= 0.6 is 11.6 Å². The highest BCUT2D eigenvalue weighted by Gasteiger charge is 2.34. The lowest BCUT2D eigenvalue weighted by Gasteiger charge is -2.25. The first-order chi connectivity index (χ1) is 16.6. The molecule has 3 aromatic rings. The zero-order valence-corrected chi connectivity index (χ0v) is 19.9. The number of hydrogen-bond donors (Lipinski definition) is 1. The molecular formula is C23H17ClF6N2O3S. The molecule has 3 aromatic carbocycles. The van der Waals surface area contributed by atoms with Gasteiger partial charge in [-0.1, -0.05) is 35.4 Å². The summed E-state index contributed by atoms with van der Waals surface area (Å²) in [5, 5.41) is 1.84. The molecule has 0 aliphatic heterocycles. The van der Waals surface area contributed by atoms with E-state index in [1.807, 2.05) is 0 Å². The number of alkyl halides is 6. The van der Waals surface area contributed by atoms with Gasteiger partial charge in [-0.05, 0) is 55.5 Å². The Bertz CT molecular complexity index is 1370. The highest BCUT2D eigenvalue weighted by atomic mass is 35.5. The van der Waals surface area contributed by atoms with E-state index in [0.29, 0.717) is 28.1 Å². The molecule has 5 nitrogen and oxygen atoms in total. The van der Waals surface area contributed by atoms with E-state index < -0.39 is 57.3 Å². The first-order valence-electron chi connectivity index (χ1n) is 10.0. The van der Waals surface area contributed by atoms with Crippen LogP contribution in [0.15, 0.2) is 71.6 Å². The van der Waals surface area contributed by atoms with Crippen molar-refractivity contribution in [2.45, 2.75) is 24.2 Å². The number of benzene rings is 3. The van der Waals surface area contributed by atoms with E-state index >= 15 is 0 Å². The third kappa shape index (κ3) is 6.30. The summed E-state index contributed by atoms with van der Waals surface area (Å²) in [6.45, 7) is 0.636. The monoisotopic (exact) mass is 550 g/mol. The molecule has 0 unspecified atom stereocenters. The van der Waals surface area contributed by atoms with Crippen LogP contribution in [0, 0.1) is 6.92 Å². The SMILES string of the molecule is Cc1ccc(S(=O)(=O)N(CC(=O)Nc2cc(C(F)(F)F)ccc2Cl)c2cccc(C(F)(F)F)c2)cc1. The van der Waals surface area contributed by atoms with Crippen LogP contribution < -0.4 is 9.62 Å². The molecule has 36 heavy (non-hydrogen) atoms. The van der Waals surface area contributed by atoms with E-state index in [9.17, 15) is 39.6 Å². The van der Waals surface area contributed by atoms with Crippen molar-refractivity contribution >= 4 is 38.9 Å². The lowest BCUT2D eigenvalue weighted by molar-refractivity contribution is -0.138. The van der Waals surface area contributed by atoms with Gasteiger partial charge in [0.05, 0.1) is 32.4 Å². The Labute approximate surface area is 207 Å². The summed E-state index contributed by atoms with van der Waals surface area (Å²) in [4.78, 5) is 12.4. The number of carbonyl (C=O) groups excluding carboxylic acids is 1. The first-order valence-corrected chi connectivity index (χ1v) is 11.8. The van der Waals surface area contributed by atoms with Crippen molar-refractivity contribution < 1.29 is 39.6 Å². The maximum absolute atomic E-state index is 13.3. The van der Waals surface area contributed by atoms with Crippen LogP contribution in [0.4, 0.5) is 37.7 Å². The van der Waals surface area contributed by atoms with Crippen molar-refractivity contribution in [3.05, 3.63) is 88.4 Å². The highest BCUT2D eigenvalue weighted by Crippen LogP contribution is 2.35. The number of halogens is 7. The van der Waals surface area contributed by atoms with Crippen LogP contribution in [0.3, 0.4) is 0 Å². The number of aryl methyl sites for hydroxylation is 1. The zero-order chi connectivity index (χ0) is 26.9. The Hall–Kier alpha value is -3.25. The summed E-state index contributed by atoms with van der Waals surface area (Å²) in [5.41, 5.74) is -2.50. The van der Waals surface area contributed by atoms with E-state index in [-0.39, 0.29) is 9.92 Å². The number of rotatable bonds is 6. The maximum atomic E-state index is 13.3. The predicted molar refractivity (Wildman–Crippen MR) is 122 cm³/mol. The molecule has 0 heterocycles. The summed E-state index contributed by atoms with van der Waals surface area (Å²) in [6, 6.07) is 10.8. The number of nitrogens with zero attached hydrogens (tertiary/aromatic N) is 1. The third-order valence-corrected chi connectivity index (χ3v) is 7.04. The Morgan fingerprint density at radius 2 is 1.47 bits per heavy atom. The van der Waals surface area contributed by atoms with Gasteiger partial charge >= 0.3 is 12.4 Å². The normalized spacial score (nSPS) is 12.3. The predicted octanol–water partition coefficient (Wildman–Crippen LogP) is 6.52. The maximum Gasteiger partial charge on any atom is 0.416 e. The average molecular weight is 551 g/mol. The molecular weight excluding hydrogens is 534 g/mol. The lowest BCUT2D eigenvalue weighted by atomic mass is 10.2. The molecule has 0 radical (unpaired) electrons. The van der Waals surface area contributed by atoms with Crippen molar-refractivity contribution in [2.75, 3.05) is 16.2 Å². The molecule has 0 aliphatic rings. The number of sulfonamides is 1. The van der Waals surface area contributed by atoms with Crippen molar-refractivity contribution in [3.8, 4) is 0 Å². The first kappa shape index (κ1) is 27.3. The number of anilines is 2. The van der Waals surface area contributed by atoms with Crippen LogP contribution in [0.2, 0.25) is 5.02 Å². The van der Waals surface area contributed by atoms with E-state index in [0.717, 1.165) is 24.3 Å². The zero-order valence-electron chi connectivity index (χ0n) is 18.3. The smallest absolute Gasteiger partial charge is 0.323 e. The van der Waals surface area contributed by atoms with Crippen LogP contribution in [-0.4, -0.2) is 20.9 Å². The highest BCUT2D eigenvalue weighted by molar-refractivity contribution is 7.92. The third-order valence-electron chi connectivity index (χ3n) is 4.93. The Balaban J connectivity index is 2.02. The fraction of sp³-hybridized carbons (Fsp3) is 0.174. The summed E-state index contributed by atoms with van der Waals surface area (Å²) >= 11 is 5.88. The van der Waals surface area contributed by atoms with Gasteiger partial charge in [0.25, 0.3) is 10.0 Å². The summed E-state index contributed by atoms with van der Waals surface area (Å²) in [7, 11) is -4.57. The minimum Gasteiger partial charge on any atom is -0.323 e. The van der Waals surface area contributed by atoms with Crippen molar-refractivity contribution in [1.29, 1.82) is 0 Å². The molecule has 0 atom stereocenters. The largest absolute Gasteiger partial charge is 0.416 e. The minimum absolute atomic E-state index is 0.261. The van der Waals surface area contributed by atoms with Crippen LogP contribution in [-0.2, 0) is 27.2 Å². The second-order valence-electron chi connectivity index (χ2n) is 7.61. The lowest BCUT2D eigenvalue weighted by Crippen LogP contribution is -2.38. The second kappa shape index (κ2) is 10.0. The van der Waals surface area contributed by atoms with E-state index in [2.05, 4.69) is 5.32 Å². The summed E-state index contributed by atoms with van der Waals surface area (Å²) in [5.74, 6) is -1.13. The van der Waals surface area contributed by atoms with Crippen molar-refractivity contribution in [1.82, 2.24) is 0 Å². The number of amides is 1. The van der Waals surface area contributed by atoms with Gasteiger partial charge in [-0.25, -0.2) is 8.42 Å². The van der Waals surface area contributed by atoms with Gasteiger partial charge in [0.1, 0.15) is 6.54 Å². The fourth-order valence-electron chi connectivity index (χ4n) is 3.11. The van der Waals surface area contributed by atoms with Crippen LogP contribution in [0.1, 0.15) is 16.7 Å². The standard InChI is InChI=1S/C23H17ClF6N2O3S/c1-14-5-8-18(9-6-14)36(34,35)32(17-4-2-3-15(11-17)22(25,26)27)13-21(33)31-20-12-16(23(28,29)30)7-10-19(20)24/h2-12H,13H2,1H3,(H,31,33). The molecule has 0 aliphatic carbocycles. The minimum atomic E-state index is -4.80. The molecule has 0 aromatic heterocycles.